The van der Waals surface area contributed by atoms with E-state index in [0.29, 0.717) is 37.5 Å². The highest BCUT2D eigenvalue weighted by atomic mass is 16.5. The molecule has 30 heavy (non-hydrogen) atoms. The smallest absolute Gasteiger partial charge is 0.254 e. The molecule has 3 atom stereocenters. The first kappa shape index (κ1) is 19.1. The molecule has 3 aliphatic rings. The van der Waals surface area contributed by atoms with E-state index < -0.39 is 5.72 Å². The third kappa shape index (κ3) is 2.74. The Balaban J connectivity index is 1.43. The van der Waals surface area contributed by atoms with Crippen molar-refractivity contribution in [1.29, 1.82) is 0 Å². The van der Waals surface area contributed by atoms with E-state index in [1.165, 1.54) is 0 Å². The molecule has 2 aromatic rings. The lowest BCUT2D eigenvalue weighted by atomic mass is 10.0. The largest absolute Gasteiger partial charge is 0.508 e. The minimum atomic E-state index is -0.657. The molecular formula is C24H26N2O4. The average Bonchev–Trinajstić information content (AvgIpc) is 3.37. The van der Waals surface area contributed by atoms with Crippen molar-refractivity contribution in [1.82, 2.24) is 9.80 Å². The quantitative estimate of drug-likeness (QED) is 0.850. The molecule has 3 fully saturated rings. The first-order chi connectivity index (χ1) is 14.4. The van der Waals surface area contributed by atoms with Gasteiger partial charge < -0.3 is 19.6 Å². The summed E-state index contributed by atoms with van der Waals surface area (Å²) in [5.74, 6) is 0.550. The Morgan fingerprint density at radius 2 is 1.93 bits per heavy atom. The van der Waals surface area contributed by atoms with Crippen molar-refractivity contribution in [3.63, 3.8) is 0 Å². The van der Waals surface area contributed by atoms with Crippen molar-refractivity contribution in [2.75, 3.05) is 13.2 Å². The summed E-state index contributed by atoms with van der Waals surface area (Å²) in [5, 5.41) is 9.52. The summed E-state index contributed by atoms with van der Waals surface area (Å²) >= 11 is 0. The monoisotopic (exact) mass is 406 g/mol. The molecule has 6 heteroatoms. The van der Waals surface area contributed by atoms with Crippen LogP contribution in [0.2, 0.25) is 0 Å². The van der Waals surface area contributed by atoms with E-state index in [2.05, 4.69) is 13.8 Å². The molecular weight excluding hydrogens is 380 g/mol. The number of carbonyl (C=O) groups excluding carboxylic acids is 2. The number of benzene rings is 2. The molecule has 0 bridgehead atoms. The molecule has 0 radical (unpaired) electrons. The fraction of sp³-hybridized carbons (Fsp3) is 0.417. The molecule has 3 heterocycles. The van der Waals surface area contributed by atoms with Gasteiger partial charge in [-0.2, -0.15) is 0 Å². The first-order valence-electron chi connectivity index (χ1n) is 10.6. The van der Waals surface area contributed by atoms with Crippen molar-refractivity contribution in [2.24, 2.45) is 5.92 Å². The summed E-state index contributed by atoms with van der Waals surface area (Å²) in [6.45, 7) is 5.35. The van der Waals surface area contributed by atoms with Gasteiger partial charge in [-0.15, -0.1) is 0 Å². The van der Waals surface area contributed by atoms with Crippen LogP contribution < -0.4 is 0 Å². The molecule has 3 aliphatic heterocycles. The van der Waals surface area contributed by atoms with E-state index in [4.69, 9.17) is 4.74 Å². The number of likely N-dealkylation sites (tertiary alicyclic amines) is 1. The maximum atomic E-state index is 13.4. The van der Waals surface area contributed by atoms with Gasteiger partial charge in [0.2, 0.25) is 5.91 Å². The third-order valence-corrected chi connectivity index (χ3v) is 6.83. The summed E-state index contributed by atoms with van der Waals surface area (Å²) in [4.78, 5) is 30.0. The zero-order valence-corrected chi connectivity index (χ0v) is 17.2. The van der Waals surface area contributed by atoms with Crippen LogP contribution in [0.3, 0.4) is 0 Å². The van der Waals surface area contributed by atoms with Gasteiger partial charge in [0.1, 0.15) is 5.75 Å². The Morgan fingerprint density at radius 1 is 1.17 bits per heavy atom. The normalized spacial score (nSPS) is 27.6. The van der Waals surface area contributed by atoms with Crippen LogP contribution in [0.1, 0.15) is 37.0 Å². The van der Waals surface area contributed by atoms with E-state index in [1.807, 2.05) is 46.2 Å². The highest BCUT2D eigenvalue weighted by Crippen LogP contribution is 2.49. The number of aromatic hydroxyl groups is 1. The number of ether oxygens (including phenoxy) is 1. The number of hydrogen-bond acceptors (Lipinski definition) is 4. The molecule has 5 rings (SSSR count). The standard InChI is InChI=1S/C24H26N2O4/c1-15(2)20-14-30-24-10-11-25(21(24)13-22(28)26(20)24)23(29)18-5-3-4-17(12-18)16-6-8-19(27)9-7-16/h3-9,12,15,20-21,27H,10-11,13-14H2,1-2H3/t20-,21+,24-/m0/s1. The van der Waals surface area contributed by atoms with Crippen molar-refractivity contribution in [2.45, 2.75) is 44.5 Å². The van der Waals surface area contributed by atoms with Gasteiger partial charge >= 0.3 is 0 Å². The Morgan fingerprint density at radius 3 is 2.67 bits per heavy atom. The van der Waals surface area contributed by atoms with Crippen molar-refractivity contribution in [3.8, 4) is 16.9 Å². The molecule has 1 spiro atoms. The highest BCUT2D eigenvalue weighted by Gasteiger charge is 2.65. The molecule has 1 N–H and O–H groups in total. The van der Waals surface area contributed by atoms with E-state index in [1.54, 1.807) is 12.1 Å². The molecule has 0 aliphatic carbocycles. The van der Waals surface area contributed by atoms with Crippen LogP contribution in [0.4, 0.5) is 0 Å². The van der Waals surface area contributed by atoms with Gasteiger partial charge in [0, 0.05) is 18.5 Å². The third-order valence-electron chi connectivity index (χ3n) is 6.83. The molecule has 3 saturated heterocycles. The van der Waals surface area contributed by atoms with Gasteiger partial charge in [-0.3, -0.25) is 9.59 Å². The van der Waals surface area contributed by atoms with Gasteiger partial charge in [0.25, 0.3) is 5.91 Å². The summed E-state index contributed by atoms with van der Waals surface area (Å²) in [6, 6.07) is 14.3. The van der Waals surface area contributed by atoms with Gasteiger partial charge in [-0.1, -0.05) is 38.1 Å². The van der Waals surface area contributed by atoms with Crippen LogP contribution in [0, 0.1) is 5.92 Å². The zero-order valence-electron chi connectivity index (χ0n) is 17.2. The number of phenols is 1. The number of rotatable bonds is 3. The second-order valence-corrected chi connectivity index (χ2v) is 8.83. The Labute approximate surface area is 176 Å². The summed E-state index contributed by atoms with van der Waals surface area (Å²) in [7, 11) is 0. The Hall–Kier alpha value is -2.86. The SMILES string of the molecule is CC(C)[C@@H]1CO[C@@]23CCN(C(=O)c4cccc(-c5ccc(O)cc5)c4)[C@@H]2CC(=O)N13. The van der Waals surface area contributed by atoms with Gasteiger partial charge in [0.05, 0.1) is 25.1 Å². The number of amides is 2. The van der Waals surface area contributed by atoms with Crippen LogP contribution in [0.25, 0.3) is 11.1 Å². The average molecular weight is 406 g/mol. The van der Waals surface area contributed by atoms with Crippen LogP contribution in [0.5, 0.6) is 5.75 Å². The summed E-state index contributed by atoms with van der Waals surface area (Å²) < 4.78 is 6.24. The summed E-state index contributed by atoms with van der Waals surface area (Å²) in [5.41, 5.74) is 1.79. The molecule has 6 nitrogen and oxygen atoms in total. The number of nitrogens with zero attached hydrogens (tertiary/aromatic N) is 2. The number of carbonyl (C=O) groups is 2. The zero-order chi connectivity index (χ0) is 21.0. The fourth-order valence-corrected chi connectivity index (χ4v) is 5.27. The lowest BCUT2D eigenvalue weighted by molar-refractivity contribution is -0.139. The molecule has 2 amide bonds. The van der Waals surface area contributed by atoms with E-state index in [-0.39, 0.29) is 29.6 Å². The minimum absolute atomic E-state index is 0.0660. The van der Waals surface area contributed by atoms with Crippen LogP contribution in [0.15, 0.2) is 48.5 Å². The lowest BCUT2D eigenvalue weighted by Gasteiger charge is -2.34. The fourth-order valence-electron chi connectivity index (χ4n) is 5.27. The first-order valence-corrected chi connectivity index (χ1v) is 10.6. The topological polar surface area (TPSA) is 70.1 Å². The van der Waals surface area contributed by atoms with E-state index in [9.17, 15) is 14.7 Å². The lowest BCUT2D eigenvalue weighted by Crippen LogP contribution is -2.51. The van der Waals surface area contributed by atoms with E-state index in [0.717, 1.165) is 11.1 Å². The summed E-state index contributed by atoms with van der Waals surface area (Å²) in [6.07, 6.45) is 0.989. The number of hydrogen-bond donors (Lipinski definition) is 1. The molecule has 156 valence electrons. The maximum absolute atomic E-state index is 13.4. The minimum Gasteiger partial charge on any atom is -0.508 e. The van der Waals surface area contributed by atoms with Crippen molar-refractivity contribution in [3.05, 3.63) is 54.1 Å². The van der Waals surface area contributed by atoms with Gasteiger partial charge in [0.15, 0.2) is 5.72 Å². The van der Waals surface area contributed by atoms with Crippen LogP contribution in [-0.2, 0) is 9.53 Å². The molecule has 0 aromatic heterocycles. The van der Waals surface area contributed by atoms with Crippen molar-refractivity contribution >= 4 is 11.8 Å². The number of phenolic OH excluding ortho intramolecular Hbond substituents is 1. The predicted molar refractivity (Wildman–Crippen MR) is 112 cm³/mol. The van der Waals surface area contributed by atoms with Crippen LogP contribution >= 0.6 is 0 Å². The van der Waals surface area contributed by atoms with Crippen LogP contribution in [-0.4, -0.2) is 57.7 Å². The molecule has 0 saturated carbocycles. The molecule has 2 aromatic carbocycles. The predicted octanol–water partition coefficient (Wildman–Crippen LogP) is 3.26. The van der Waals surface area contributed by atoms with Crippen molar-refractivity contribution < 1.29 is 19.4 Å². The van der Waals surface area contributed by atoms with Gasteiger partial charge in [-0.05, 0) is 41.3 Å². The Kier molecular flexibility index (Phi) is 4.36. The molecule has 0 unspecified atom stereocenters. The Bertz CT molecular complexity index is 1000. The van der Waals surface area contributed by atoms with Gasteiger partial charge in [-0.25, -0.2) is 0 Å². The highest BCUT2D eigenvalue weighted by molar-refractivity contribution is 5.97. The maximum Gasteiger partial charge on any atom is 0.254 e. The second kappa shape index (κ2) is 6.84. The second-order valence-electron chi connectivity index (χ2n) is 8.83. The van der Waals surface area contributed by atoms with E-state index >= 15 is 0 Å².